The van der Waals surface area contributed by atoms with Crippen molar-refractivity contribution < 1.29 is 13.2 Å². The molecule has 0 fully saturated rings. The molecule has 1 aromatic carbocycles. The van der Waals surface area contributed by atoms with Crippen LogP contribution >= 0.6 is 0 Å². The van der Waals surface area contributed by atoms with E-state index in [2.05, 4.69) is 18.6 Å². The van der Waals surface area contributed by atoms with Crippen molar-refractivity contribution in [3.05, 3.63) is 29.8 Å². The molecule has 6 heteroatoms. The van der Waals surface area contributed by atoms with Crippen LogP contribution in [-0.4, -0.2) is 39.5 Å². The summed E-state index contributed by atoms with van der Waals surface area (Å²) in [6, 6.07) is 7.84. The van der Waals surface area contributed by atoms with E-state index in [1.807, 2.05) is 31.2 Å². The van der Waals surface area contributed by atoms with Crippen LogP contribution < -0.4 is 9.46 Å². The fourth-order valence-electron chi connectivity index (χ4n) is 2.03. The maximum atomic E-state index is 12.0. The summed E-state index contributed by atoms with van der Waals surface area (Å²) in [5, 5.41) is 0. The predicted octanol–water partition coefficient (Wildman–Crippen LogP) is 2.76. The quantitative estimate of drug-likeness (QED) is 0.672. The Morgan fingerprint density at radius 3 is 2.59 bits per heavy atom. The molecular weight excluding hydrogens is 300 g/mol. The van der Waals surface area contributed by atoms with E-state index in [4.69, 9.17) is 4.74 Å². The molecule has 0 bridgehead atoms. The van der Waals surface area contributed by atoms with Crippen molar-refractivity contribution in [2.24, 2.45) is 0 Å². The maximum absolute atomic E-state index is 12.0. The summed E-state index contributed by atoms with van der Waals surface area (Å²) < 4.78 is 33.6. The summed E-state index contributed by atoms with van der Waals surface area (Å²) in [5.74, 6) is 1.18. The lowest BCUT2D eigenvalue weighted by Crippen LogP contribution is -2.40. The van der Waals surface area contributed by atoms with Crippen LogP contribution in [0.1, 0.15) is 45.1 Å². The van der Waals surface area contributed by atoms with Crippen LogP contribution in [0.2, 0.25) is 0 Å². The normalized spacial score (nSPS) is 12.1. The highest BCUT2D eigenvalue weighted by Crippen LogP contribution is 2.25. The zero-order valence-electron chi connectivity index (χ0n) is 14.0. The molecule has 0 unspecified atom stereocenters. The summed E-state index contributed by atoms with van der Waals surface area (Å²) in [7, 11) is -1.82. The van der Waals surface area contributed by atoms with Crippen molar-refractivity contribution >= 4 is 10.2 Å². The van der Waals surface area contributed by atoms with Gasteiger partial charge in [-0.25, -0.2) is 0 Å². The molecule has 0 aromatic heterocycles. The van der Waals surface area contributed by atoms with Crippen molar-refractivity contribution in [2.45, 2.75) is 39.5 Å². The van der Waals surface area contributed by atoms with Gasteiger partial charge >= 0.3 is 0 Å². The summed E-state index contributed by atoms with van der Waals surface area (Å²) >= 11 is 0. The minimum Gasteiger partial charge on any atom is -0.492 e. The Kier molecular flexibility index (Phi) is 7.85. The van der Waals surface area contributed by atoms with Crippen molar-refractivity contribution in [3.8, 4) is 5.75 Å². The van der Waals surface area contributed by atoms with Crippen LogP contribution in [-0.2, 0) is 10.2 Å². The van der Waals surface area contributed by atoms with Gasteiger partial charge in [0.25, 0.3) is 10.2 Å². The minimum absolute atomic E-state index is 0.255. The van der Waals surface area contributed by atoms with E-state index in [9.17, 15) is 8.42 Å². The summed E-state index contributed by atoms with van der Waals surface area (Å²) in [4.78, 5) is 0. The molecule has 0 saturated heterocycles. The molecule has 0 amide bonds. The third-order valence-electron chi connectivity index (χ3n) is 3.42. The van der Waals surface area contributed by atoms with Crippen molar-refractivity contribution in [1.82, 2.24) is 9.03 Å². The van der Waals surface area contributed by atoms with Crippen LogP contribution in [0.5, 0.6) is 5.75 Å². The zero-order chi connectivity index (χ0) is 16.6. The van der Waals surface area contributed by atoms with Gasteiger partial charge in [0.15, 0.2) is 0 Å². The Balaban J connectivity index is 2.45. The molecule has 5 nitrogen and oxygen atoms in total. The molecule has 0 heterocycles. The molecule has 22 heavy (non-hydrogen) atoms. The van der Waals surface area contributed by atoms with Crippen LogP contribution in [0.3, 0.4) is 0 Å². The SMILES string of the molecule is CCCCN(C)S(=O)(=O)NCCOc1ccccc1C(C)C. The van der Waals surface area contributed by atoms with E-state index in [1.165, 1.54) is 4.31 Å². The predicted molar refractivity (Wildman–Crippen MR) is 90.5 cm³/mol. The first kappa shape index (κ1) is 18.9. The van der Waals surface area contributed by atoms with Crippen LogP contribution in [0, 0.1) is 0 Å². The summed E-state index contributed by atoms with van der Waals surface area (Å²) in [6.45, 7) is 7.34. The van der Waals surface area contributed by atoms with E-state index in [1.54, 1.807) is 7.05 Å². The minimum atomic E-state index is -3.41. The second-order valence-corrected chi connectivity index (χ2v) is 7.48. The number of para-hydroxylation sites is 1. The summed E-state index contributed by atoms with van der Waals surface area (Å²) in [6.07, 6.45) is 1.82. The van der Waals surface area contributed by atoms with E-state index >= 15 is 0 Å². The van der Waals surface area contributed by atoms with Crippen molar-refractivity contribution in [3.63, 3.8) is 0 Å². The fraction of sp³-hybridized carbons (Fsp3) is 0.625. The molecule has 1 aromatic rings. The fourth-order valence-corrected chi connectivity index (χ4v) is 2.96. The smallest absolute Gasteiger partial charge is 0.279 e. The van der Waals surface area contributed by atoms with Gasteiger partial charge in [0.2, 0.25) is 0 Å². The number of unbranched alkanes of at least 4 members (excludes halogenated alkanes) is 1. The Morgan fingerprint density at radius 1 is 1.27 bits per heavy atom. The first-order valence-electron chi connectivity index (χ1n) is 7.81. The summed E-state index contributed by atoms with van der Waals surface area (Å²) in [5.41, 5.74) is 1.13. The molecule has 0 aliphatic carbocycles. The van der Waals surface area contributed by atoms with Gasteiger partial charge in [-0.1, -0.05) is 45.4 Å². The van der Waals surface area contributed by atoms with E-state index < -0.39 is 10.2 Å². The molecule has 0 spiro atoms. The largest absolute Gasteiger partial charge is 0.492 e. The lowest BCUT2D eigenvalue weighted by molar-refractivity contribution is 0.316. The highest BCUT2D eigenvalue weighted by molar-refractivity contribution is 7.87. The number of ether oxygens (including phenoxy) is 1. The van der Waals surface area contributed by atoms with Gasteiger partial charge in [0.05, 0.1) is 0 Å². The zero-order valence-corrected chi connectivity index (χ0v) is 14.8. The second kappa shape index (κ2) is 9.12. The monoisotopic (exact) mass is 328 g/mol. The molecule has 0 aliphatic heterocycles. The first-order chi connectivity index (χ1) is 10.4. The standard InChI is InChI=1S/C16H28N2O3S/c1-5-6-12-18(4)22(19,20)17-11-13-21-16-10-8-7-9-15(16)14(2)3/h7-10,14,17H,5-6,11-13H2,1-4H3. The topological polar surface area (TPSA) is 58.6 Å². The van der Waals surface area contributed by atoms with Gasteiger partial charge < -0.3 is 4.74 Å². The van der Waals surface area contributed by atoms with Gasteiger partial charge in [-0.3, -0.25) is 0 Å². The molecule has 1 N–H and O–H groups in total. The number of hydrogen-bond acceptors (Lipinski definition) is 3. The van der Waals surface area contributed by atoms with Gasteiger partial charge in [-0.15, -0.1) is 0 Å². The van der Waals surface area contributed by atoms with Crippen LogP contribution in [0.15, 0.2) is 24.3 Å². The molecular formula is C16H28N2O3S. The highest BCUT2D eigenvalue weighted by Gasteiger charge is 2.16. The number of benzene rings is 1. The number of rotatable bonds is 10. The van der Waals surface area contributed by atoms with E-state index in [0.29, 0.717) is 19.1 Å². The van der Waals surface area contributed by atoms with Crippen LogP contribution in [0.4, 0.5) is 0 Å². The molecule has 126 valence electrons. The Hall–Kier alpha value is -1.11. The average molecular weight is 328 g/mol. The van der Waals surface area contributed by atoms with Gasteiger partial charge in [-0.2, -0.15) is 17.4 Å². The third kappa shape index (κ3) is 5.94. The van der Waals surface area contributed by atoms with E-state index in [0.717, 1.165) is 24.2 Å². The number of hydrogen-bond donors (Lipinski definition) is 1. The second-order valence-electron chi connectivity index (χ2n) is 5.62. The molecule has 0 aliphatic rings. The Morgan fingerprint density at radius 2 is 1.95 bits per heavy atom. The maximum Gasteiger partial charge on any atom is 0.279 e. The number of nitrogens with one attached hydrogen (secondary N) is 1. The Labute approximate surface area is 134 Å². The van der Waals surface area contributed by atoms with Gasteiger partial charge in [-0.05, 0) is 24.0 Å². The van der Waals surface area contributed by atoms with Crippen molar-refractivity contribution in [2.75, 3.05) is 26.7 Å². The Bertz CT molecular complexity index is 544. The highest BCUT2D eigenvalue weighted by atomic mass is 32.2. The van der Waals surface area contributed by atoms with Gasteiger partial charge in [0.1, 0.15) is 12.4 Å². The molecule has 0 saturated carbocycles. The van der Waals surface area contributed by atoms with Crippen LogP contribution in [0.25, 0.3) is 0 Å². The first-order valence-corrected chi connectivity index (χ1v) is 9.25. The average Bonchev–Trinajstić information content (AvgIpc) is 2.49. The van der Waals surface area contributed by atoms with Gasteiger partial charge in [0, 0.05) is 20.1 Å². The lowest BCUT2D eigenvalue weighted by Gasteiger charge is -2.18. The molecule has 0 atom stereocenters. The number of nitrogens with zero attached hydrogens (tertiary/aromatic N) is 1. The van der Waals surface area contributed by atoms with Crippen molar-refractivity contribution in [1.29, 1.82) is 0 Å². The lowest BCUT2D eigenvalue weighted by atomic mass is 10.0. The van der Waals surface area contributed by atoms with E-state index in [-0.39, 0.29) is 6.54 Å². The molecule has 0 radical (unpaired) electrons. The third-order valence-corrected chi connectivity index (χ3v) is 4.99. The molecule has 1 rings (SSSR count).